The molecule has 3 aromatic carbocycles. The molecule has 4 aromatic rings. The highest BCUT2D eigenvalue weighted by Crippen LogP contribution is 2.41. The average Bonchev–Trinajstić information content (AvgIpc) is 3.08. The Balaban J connectivity index is 1.80. The standard InChI is InChI=1S/C26H20FNO3S/c1-14-12-20-21(13-15(14)2)31-25-22(24(20)29)23(16-4-10-19(32-3)11-5-16)28(26(25)30)18-8-6-17(27)7-9-18/h4-13,23H,1-3H3. The number of fused-ring (bicyclic) bond motifs is 2. The molecule has 0 spiro atoms. The molecule has 1 amide bonds. The van der Waals surface area contributed by atoms with E-state index >= 15 is 0 Å². The van der Waals surface area contributed by atoms with Gasteiger partial charge in [-0.25, -0.2) is 4.39 Å². The van der Waals surface area contributed by atoms with Crippen molar-refractivity contribution in [3.05, 3.63) is 105 Å². The van der Waals surface area contributed by atoms with Gasteiger partial charge in [0.1, 0.15) is 11.4 Å². The quantitative estimate of drug-likeness (QED) is 0.362. The van der Waals surface area contributed by atoms with Crippen LogP contribution in [0, 0.1) is 19.7 Å². The Bertz CT molecular complexity index is 1430. The van der Waals surface area contributed by atoms with Gasteiger partial charge in [0.15, 0.2) is 5.43 Å². The number of halogens is 1. The SMILES string of the molecule is CSc1ccc(C2c3c(oc4cc(C)c(C)cc4c3=O)C(=O)N2c2ccc(F)cc2)cc1. The zero-order chi connectivity index (χ0) is 22.6. The van der Waals surface area contributed by atoms with Crippen LogP contribution in [-0.2, 0) is 0 Å². The van der Waals surface area contributed by atoms with E-state index in [-0.39, 0.29) is 11.2 Å². The van der Waals surface area contributed by atoms with E-state index < -0.39 is 17.8 Å². The minimum atomic E-state index is -0.666. The second-order valence-electron chi connectivity index (χ2n) is 7.93. The van der Waals surface area contributed by atoms with E-state index in [0.717, 1.165) is 21.6 Å². The second-order valence-corrected chi connectivity index (χ2v) is 8.81. The van der Waals surface area contributed by atoms with Gasteiger partial charge < -0.3 is 4.42 Å². The zero-order valence-corrected chi connectivity index (χ0v) is 18.6. The topological polar surface area (TPSA) is 50.5 Å². The molecule has 0 saturated heterocycles. The monoisotopic (exact) mass is 445 g/mol. The Kier molecular flexibility index (Phi) is 4.90. The summed E-state index contributed by atoms with van der Waals surface area (Å²) in [5, 5.41) is 0.450. The van der Waals surface area contributed by atoms with Crippen molar-refractivity contribution in [1.82, 2.24) is 0 Å². The number of rotatable bonds is 3. The van der Waals surface area contributed by atoms with Crippen LogP contribution in [0.3, 0.4) is 0 Å². The van der Waals surface area contributed by atoms with Crippen LogP contribution in [-0.4, -0.2) is 12.2 Å². The fourth-order valence-corrected chi connectivity index (χ4v) is 4.61. The summed E-state index contributed by atoms with van der Waals surface area (Å²) in [5.74, 6) is -0.776. The van der Waals surface area contributed by atoms with Gasteiger partial charge in [0.2, 0.25) is 5.76 Å². The number of thioether (sulfide) groups is 1. The van der Waals surface area contributed by atoms with E-state index in [4.69, 9.17) is 4.42 Å². The number of aryl methyl sites for hydroxylation is 2. The first kappa shape index (κ1) is 20.5. The molecular weight excluding hydrogens is 425 g/mol. The molecule has 5 rings (SSSR count). The fourth-order valence-electron chi connectivity index (χ4n) is 4.20. The van der Waals surface area contributed by atoms with Crippen molar-refractivity contribution in [3.8, 4) is 0 Å². The molecule has 32 heavy (non-hydrogen) atoms. The van der Waals surface area contributed by atoms with Gasteiger partial charge in [0.25, 0.3) is 5.91 Å². The van der Waals surface area contributed by atoms with E-state index in [0.29, 0.717) is 22.2 Å². The molecule has 1 aliphatic rings. The summed E-state index contributed by atoms with van der Waals surface area (Å²) in [6.07, 6.45) is 1.99. The maximum Gasteiger partial charge on any atom is 0.295 e. The predicted octanol–water partition coefficient (Wildman–Crippen LogP) is 6.02. The van der Waals surface area contributed by atoms with Gasteiger partial charge in [0, 0.05) is 10.6 Å². The van der Waals surface area contributed by atoms with E-state index in [9.17, 15) is 14.0 Å². The maximum atomic E-state index is 13.7. The third-order valence-corrected chi connectivity index (χ3v) is 6.77. The minimum absolute atomic E-state index is 0.0361. The summed E-state index contributed by atoms with van der Waals surface area (Å²) in [6, 6.07) is 16.4. The number of hydrogen-bond acceptors (Lipinski definition) is 4. The lowest BCUT2D eigenvalue weighted by atomic mass is 9.97. The van der Waals surface area contributed by atoms with Crippen LogP contribution in [0.25, 0.3) is 11.0 Å². The van der Waals surface area contributed by atoms with Gasteiger partial charge in [-0.15, -0.1) is 11.8 Å². The Hall–Kier alpha value is -3.38. The summed E-state index contributed by atoms with van der Waals surface area (Å²) in [4.78, 5) is 29.8. The highest BCUT2D eigenvalue weighted by molar-refractivity contribution is 7.98. The molecule has 1 atom stereocenters. The van der Waals surface area contributed by atoms with E-state index in [2.05, 4.69) is 0 Å². The number of carbonyl (C=O) groups is 1. The zero-order valence-electron chi connectivity index (χ0n) is 17.8. The van der Waals surface area contributed by atoms with Crippen LogP contribution in [0.15, 0.2) is 74.8 Å². The Morgan fingerprint density at radius 3 is 2.25 bits per heavy atom. The van der Waals surface area contributed by atoms with Crippen LogP contribution < -0.4 is 10.3 Å². The van der Waals surface area contributed by atoms with Gasteiger partial charge in [-0.3, -0.25) is 14.5 Å². The summed E-state index contributed by atoms with van der Waals surface area (Å²) >= 11 is 1.61. The van der Waals surface area contributed by atoms with Crippen LogP contribution in [0.1, 0.15) is 38.9 Å². The van der Waals surface area contributed by atoms with Gasteiger partial charge >= 0.3 is 0 Å². The minimum Gasteiger partial charge on any atom is -0.450 e. The summed E-state index contributed by atoms with van der Waals surface area (Å²) in [5.41, 5.74) is 3.72. The highest BCUT2D eigenvalue weighted by atomic mass is 32.2. The normalized spacial score (nSPS) is 15.4. The smallest absolute Gasteiger partial charge is 0.295 e. The first-order chi connectivity index (χ1) is 15.4. The molecule has 0 fully saturated rings. The Morgan fingerprint density at radius 1 is 0.938 bits per heavy atom. The third kappa shape index (κ3) is 3.14. The second kappa shape index (κ2) is 7.64. The molecular formula is C26H20FNO3S. The van der Waals surface area contributed by atoms with Crippen LogP contribution in [0.2, 0.25) is 0 Å². The molecule has 0 radical (unpaired) electrons. The van der Waals surface area contributed by atoms with E-state index in [1.54, 1.807) is 30.0 Å². The number of benzene rings is 3. The maximum absolute atomic E-state index is 13.7. The summed E-state index contributed by atoms with van der Waals surface area (Å²) in [6.45, 7) is 3.88. The van der Waals surface area contributed by atoms with Gasteiger partial charge in [0.05, 0.1) is 17.0 Å². The Morgan fingerprint density at radius 2 is 1.59 bits per heavy atom. The average molecular weight is 446 g/mol. The number of anilines is 1. The van der Waals surface area contributed by atoms with Crippen LogP contribution >= 0.6 is 11.8 Å². The fraction of sp³-hybridized carbons (Fsp3) is 0.154. The molecule has 4 nitrogen and oxygen atoms in total. The van der Waals surface area contributed by atoms with Gasteiger partial charge in [-0.1, -0.05) is 12.1 Å². The van der Waals surface area contributed by atoms with Gasteiger partial charge in [-0.2, -0.15) is 0 Å². The highest BCUT2D eigenvalue weighted by Gasteiger charge is 2.43. The van der Waals surface area contributed by atoms with Crippen molar-refractivity contribution in [1.29, 1.82) is 0 Å². The largest absolute Gasteiger partial charge is 0.450 e. The van der Waals surface area contributed by atoms with Crippen molar-refractivity contribution in [2.24, 2.45) is 0 Å². The van der Waals surface area contributed by atoms with Crippen molar-refractivity contribution >= 4 is 34.3 Å². The summed E-state index contributed by atoms with van der Waals surface area (Å²) < 4.78 is 19.6. The van der Waals surface area contributed by atoms with Crippen LogP contribution in [0.5, 0.6) is 0 Å². The molecule has 0 saturated carbocycles. The first-order valence-corrected chi connectivity index (χ1v) is 11.4. The van der Waals surface area contributed by atoms with Crippen molar-refractivity contribution in [3.63, 3.8) is 0 Å². The molecule has 1 unspecified atom stereocenters. The lowest BCUT2D eigenvalue weighted by Gasteiger charge is -2.25. The molecule has 1 aromatic heterocycles. The number of amides is 1. The Labute approximate surface area is 188 Å². The van der Waals surface area contributed by atoms with Crippen molar-refractivity contribution < 1.29 is 13.6 Å². The molecule has 6 heteroatoms. The molecule has 1 aliphatic heterocycles. The van der Waals surface area contributed by atoms with E-state index in [1.807, 2.05) is 50.4 Å². The number of carbonyl (C=O) groups excluding carboxylic acids is 1. The first-order valence-electron chi connectivity index (χ1n) is 10.2. The van der Waals surface area contributed by atoms with Crippen molar-refractivity contribution in [2.75, 3.05) is 11.2 Å². The lowest BCUT2D eigenvalue weighted by Crippen LogP contribution is -2.29. The lowest BCUT2D eigenvalue weighted by molar-refractivity contribution is 0.0971. The molecule has 0 aliphatic carbocycles. The van der Waals surface area contributed by atoms with Crippen LogP contribution in [0.4, 0.5) is 10.1 Å². The van der Waals surface area contributed by atoms with Crippen molar-refractivity contribution in [2.45, 2.75) is 24.8 Å². The molecule has 160 valence electrons. The molecule has 0 bridgehead atoms. The van der Waals surface area contributed by atoms with E-state index in [1.165, 1.54) is 17.0 Å². The van der Waals surface area contributed by atoms with Gasteiger partial charge in [-0.05, 0) is 85.3 Å². The molecule has 0 N–H and O–H groups in total. The predicted molar refractivity (Wildman–Crippen MR) is 125 cm³/mol. The number of nitrogens with zero attached hydrogens (tertiary/aromatic N) is 1. The molecule has 2 heterocycles. The third-order valence-electron chi connectivity index (χ3n) is 6.02. The number of hydrogen-bond donors (Lipinski definition) is 0. The summed E-state index contributed by atoms with van der Waals surface area (Å²) in [7, 11) is 0.